The number of rotatable bonds is 5. The van der Waals surface area contributed by atoms with Crippen molar-refractivity contribution in [3.63, 3.8) is 0 Å². The van der Waals surface area contributed by atoms with E-state index in [9.17, 15) is 0 Å². The minimum Gasteiger partial charge on any atom is -0.489 e. The maximum Gasteiger partial charge on any atom is 0.178 e. The van der Waals surface area contributed by atoms with Gasteiger partial charge in [-0.15, -0.1) is 0 Å². The van der Waals surface area contributed by atoms with Crippen LogP contribution in [0.15, 0.2) is 67.1 Å². The van der Waals surface area contributed by atoms with Crippen molar-refractivity contribution in [3.05, 3.63) is 72.7 Å². The van der Waals surface area contributed by atoms with Crippen molar-refractivity contribution in [2.45, 2.75) is 45.1 Å². The molecule has 188 valence electrons. The first kappa shape index (κ1) is 22.6. The highest BCUT2D eigenvalue weighted by Gasteiger charge is 2.18. The van der Waals surface area contributed by atoms with Crippen LogP contribution < -0.4 is 4.74 Å². The van der Waals surface area contributed by atoms with E-state index in [-0.39, 0.29) is 6.10 Å². The topological polar surface area (TPSA) is 105 Å². The normalized spacial score (nSPS) is 14.3. The number of pyridine rings is 3. The standard InChI is InChI=1S/C30H27N7O/c1-18-6-5-7-19(14-18)23-12-13-32-29-26(23)34-30(35-29)28-27-25(36-37-28)11-10-24(33-27)20-15-22(17-31-16-20)38-21-8-3-2-4-9-21/h5-7,10-17,21H,2-4,8-9H2,1H3,(H,36,37)(H,32,34,35). The summed E-state index contributed by atoms with van der Waals surface area (Å²) in [5.74, 6) is 1.41. The molecule has 0 spiro atoms. The average Bonchev–Trinajstić information content (AvgIpc) is 3.57. The molecule has 1 fully saturated rings. The predicted octanol–water partition coefficient (Wildman–Crippen LogP) is 6.65. The van der Waals surface area contributed by atoms with E-state index >= 15 is 0 Å². The highest BCUT2D eigenvalue weighted by molar-refractivity contribution is 5.95. The zero-order valence-electron chi connectivity index (χ0n) is 21.1. The molecule has 0 amide bonds. The minimum atomic E-state index is 0.267. The highest BCUT2D eigenvalue weighted by atomic mass is 16.5. The summed E-state index contributed by atoms with van der Waals surface area (Å²) in [7, 11) is 0. The Morgan fingerprint density at radius 3 is 2.74 bits per heavy atom. The number of nitrogens with zero attached hydrogens (tertiary/aromatic N) is 5. The van der Waals surface area contributed by atoms with Crippen molar-refractivity contribution >= 4 is 22.2 Å². The number of aryl methyl sites for hydroxylation is 1. The summed E-state index contributed by atoms with van der Waals surface area (Å²) in [6.45, 7) is 2.09. The fraction of sp³-hybridized carbons (Fsp3) is 0.233. The summed E-state index contributed by atoms with van der Waals surface area (Å²) in [6.07, 6.45) is 11.6. The van der Waals surface area contributed by atoms with Gasteiger partial charge >= 0.3 is 0 Å². The Morgan fingerprint density at radius 1 is 0.921 bits per heavy atom. The van der Waals surface area contributed by atoms with Gasteiger partial charge in [-0.05, 0) is 62.4 Å². The Bertz CT molecular complexity index is 1760. The van der Waals surface area contributed by atoms with Crippen LogP contribution in [0, 0.1) is 6.92 Å². The van der Waals surface area contributed by atoms with Crippen LogP contribution in [0.2, 0.25) is 0 Å². The number of benzene rings is 1. The molecular formula is C30H27N7O. The molecule has 8 nitrogen and oxygen atoms in total. The van der Waals surface area contributed by atoms with Crippen molar-refractivity contribution < 1.29 is 4.74 Å². The van der Waals surface area contributed by atoms with Gasteiger partial charge in [0.05, 0.1) is 29.0 Å². The molecule has 5 heterocycles. The summed E-state index contributed by atoms with van der Waals surface area (Å²) < 4.78 is 6.24. The van der Waals surface area contributed by atoms with Crippen LogP contribution in [-0.2, 0) is 0 Å². The molecule has 7 rings (SSSR count). The van der Waals surface area contributed by atoms with Gasteiger partial charge in [0.25, 0.3) is 0 Å². The molecule has 0 unspecified atom stereocenters. The number of fused-ring (bicyclic) bond motifs is 2. The van der Waals surface area contributed by atoms with E-state index in [4.69, 9.17) is 14.7 Å². The van der Waals surface area contributed by atoms with Crippen LogP contribution >= 0.6 is 0 Å². The van der Waals surface area contributed by atoms with Gasteiger partial charge in [0.1, 0.15) is 11.3 Å². The van der Waals surface area contributed by atoms with Crippen molar-refractivity contribution in [2.24, 2.45) is 0 Å². The smallest absolute Gasteiger partial charge is 0.178 e. The molecular weight excluding hydrogens is 474 g/mol. The van der Waals surface area contributed by atoms with E-state index < -0.39 is 0 Å². The lowest BCUT2D eigenvalue weighted by atomic mass is 9.98. The predicted molar refractivity (Wildman–Crippen MR) is 148 cm³/mol. The van der Waals surface area contributed by atoms with Crippen molar-refractivity contribution in [2.75, 3.05) is 0 Å². The van der Waals surface area contributed by atoms with Crippen LogP contribution in [0.5, 0.6) is 5.75 Å². The second kappa shape index (κ2) is 9.37. The fourth-order valence-corrected chi connectivity index (χ4v) is 5.30. The van der Waals surface area contributed by atoms with E-state index in [0.717, 1.165) is 57.5 Å². The van der Waals surface area contributed by atoms with Crippen molar-refractivity contribution in [1.82, 2.24) is 35.1 Å². The first-order valence-electron chi connectivity index (χ1n) is 13.1. The third-order valence-electron chi connectivity index (χ3n) is 7.22. The SMILES string of the molecule is Cc1cccc(-c2ccnc3nc(-c4n[nH]c5ccc(-c6cncc(OC7CCCCC7)c6)nc45)[nH]c23)c1. The Hall–Kier alpha value is -4.59. The maximum absolute atomic E-state index is 6.24. The van der Waals surface area contributed by atoms with E-state index in [2.05, 4.69) is 56.3 Å². The van der Waals surface area contributed by atoms with E-state index in [1.807, 2.05) is 30.5 Å². The molecule has 8 heteroatoms. The molecule has 0 radical (unpaired) electrons. The largest absolute Gasteiger partial charge is 0.489 e. The van der Waals surface area contributed by atoms with Crippen molar-refractivity contribution in [3.8, 4) is 39.7 Å². The van der Waals surface area contributed by atoms with Gasteiger partial charge in [0.2, 0.25) is 0 Å². The minimum absolute atomic E-state index is 0.267. The lowest BCUT2D eigenvalue weighted by molar-refractivity contribution is 0.154. The summed E-state index contributed by atoms with van der Waals surface area (Å²) in [5.41, 5.74) is 8.80. The lowest BCUT2D eigenvalue weighted by Gasteiger charge is -2.22. The number of imidazole rings is 1. The molecule has 2 N–H and O–H groups in total. The van der Waals surface area contributed by atoms with Crippen LogP contribution in [-0.4, -0.2) is 41.2 Å². The third kappa shape index (κ3) is 4.18. The number of ether oxygens (including phenoxy) is 1. The van der Waals surface area contributed by atoms with E-state index in [0.29, 0.717) is 17.2 Å². The van der Waals surface area contributed by atoms with Crippen LogP contribution in [0.25, 0.3) is 56.1 Å². The zero-order chi connectivity index (χ0) is 25.5. The molecule has 0 aliphatic heterocycles. The molecule has 6 aromatic rings. The summed E-state index contributed by atoms with van der Waals surface area (Å²) in [6, 6.07) is 16.4. The highest BCUT2D eigenvalue weighted by Crippen LogP contribution is 2.32. The van der Waals surface area contributed by atoms with Crippen molar-refractivity contribution in [1.29, 1.82) is 0 Å². The number of aromatic nitrogens is 7. The first-order valence-corrected chi connectivity index (χ1v) is 13.1. The Morgan fingerprint density at radius 2 is 1.84 bits per heavy atom. The number of hydrogen-bond donors (Lipinski definition) is 2. The van der Waals surface area contributed by atoms with Gasteiger partial charge < -0.3 is 9.72 Å². The van der Waals surface area contributed by atoms with Gasteiger partial charge in [-0.25, -0.2) is 15.0 Å². The molecule has 1 aliphatic carbocycles. The Kier molecular flexibility index (Phi) is 5.57. The van der Waals surface area contributed by atoms with Gasteiger partial charge in [0, 0.05) is 23.5 Å². The lowest BCUT2D eigenvalue weighted by Crippen LogP contribution is -2.19. The van der Waals surface area contributed by atoms with E-state index in [1.165, 1.54) is 24.8 Å². The summed E-state index contributed by atoms with van der Waals surface area (Å²) in [4.78, 5) is 22.1. The van der Waals surface area contributed by atoms with E-state index in [1.54, 1.807) is 12.4 Å². The van der Waals surface area contributed by atoms with Gasteiger partial charge in [-0.2, -0.15) is 5.10 Å². The quantitative estimate of drug-likeness (QED) is 0.274. The van der Waals surface area contributed by atoms with Gasteiger partial charge in [-0.3, -0.25) is 10.1 Å². The van der Waals surface area contributed by atoms with Crippen LogP contribution in [0.1, 0.15) is 37.7 Å². The number of H-pyrrole nitrogens is 2. The Labute approximate surface area is 219 Å². The van der Waals surface area contributed by atoms with Gasteiger partial charge in [0.15, 0.2) is 17.2 Å². The number of hydrogen-bond acceptors (Lipinski definition) is 6. The second-order valence-electron chi connectivity index (χ2n) is 9.96. The van der Waals surface area contributed by atoms with Crippen LogP contribution in [0.3, 0.4) is 0 Å². The molecule has 1 aromatic carbocycles. The first-order chi connectivity index (χ1) is 18.7. The third-order valence-corrected chi connectivity index (χ3v) is 7.22. The van der Waals surface area contributed by atoms with Crippen LogP contribution in [0.4, 0.5) is 0 Å². The monoisotopic (exact) mass is 501 g/mol. The maximum atomic E-state index is 6.24. The molecule has 38 heavy (non-hydrogen) atoms. The zero-order valence-corrected chi connectivity index (χ0v) is 21.1. The Balaban J connectivity index is 1.26. The van der Waals surface area contributed by atoms with Gasteiger partial charge in [-0.1, -0.05) is 36.2 Å². The number of nitrogens with one attached hydrogen (secondary N) is 2. The molecule has 0 bridgehead atoms. The molecule has 0 saturated heterocycles. The summed E-state index contributed by atoms with van der Waals surface area (Å²) >= 11 is 0. The molecule has 0 atom stereocenters. The summed E-state index contributed by atoms with van der Waals surface area (Å²) in [5, 5.41) is 7.65. The molecule has 1 aliphatic rings. The fourth-order valence-electron chi connectivity index (χ4n) is 5.30. The molecule has 1 saturated carbocycles. The number of aromatic amines is 2. The average molecular weight is 502 g/mol. The molecule has 5 aromatic heterocycles. The second-order valence-corrected chi connectivity index (χ2v) is 9.96.